The summed E-state index contributed by atoms with van der Waals surface area (Å²) in [6.07, 6.45) is 10.2. The first kappa shape index (κ1) is 18.3. The molecule has 6 heteroatoms. The van der Waals surface area contributed by atoms with Gasteiger partial charge in [-0.1, -0.05) is 19.8 Å². The van der Waals surface area contributed by atoms with Crippen LogP contribution in [0, 0.1) is 29.1 Å². The zero-order valence-electron chi connectivity index (χ0n) is 16.7. The van der Waals surface area contributed by atoms with Crippen LogP contribution >= 0.6 is 0 Å². The van der Waals surface area contributed by atoms with Gasteiger partial charge in [-0.2, -0.15) is 0 Å². The van der Waals surface area contributed by atoms with Crippen LogP contribution in [0.5, 0.6) is 0 Å². The fourth-order valence-electron chi connectivity index (χ4n) is 7.40. The Morgan fingerprint density at radius 3 is 2.07 bits per heavy atom. The molecule has 4 bridgehead atoms. The van der Waals surface area contributed by atoms with Gasteiger partial charge in [0.05, 0.1) is 6.54 Å². The quantitative estimate of drug-likeness (QED) is 0.549. The number of hydrogen-bond donors (Lipinski definition) is 0. The molecule has 152 valence electrons. The number of amides is 4. The van der Waals surface area contributed by atoms with Crippen molar-refractivity contribution >= 4 is 23.6 Å². The minimum atomic E-state index is -0.805. The second-order valence-corrected chi connectivity index (χ2v) is 10.3. The molecule has 0 radical (unpaired) electrons. The Morgan fingerprint density at radius 1 is 0.929 bits per heavy atom. The molecule has 0 unspecified atom stereocenters. The molecule has 5 aliphatic carbocycles. The first-order valence-electron chi connectivity index (χ1n) is 11.1. The van der Waals surface area contributed by atoms with Crippen LogP contribution in [0.25, 0.3) is 0 Å². The van der Waals surface area contributed by atoms with Gasteiger partial charge in [-0.3, -0.25) is 19.3 Å². The summed E-state index contributed by atoms with van der Waals surface area (Å²) in [5.74, 6) is 0.556. The molecule has 0 spiro atoms. The van der Waals surface area contributed by atoms with Crippen molar-refractivity contribution < 1.29 is 19.2 Å². The van der Waals surface area contributed by atoms with E-state index in [4.69, 9.17) is 0 Å². The van der Waals surface area contributed by atoms with Crippen LogP contribution in [0.15, 0.2) is 0 Å². The zero-order chi connectivity index (χ0) is 19.6. The standard InChI is InChI=1S/C22H30N2O4/c1-13-4-2-3-5-17(13)24-20(27)19(26)23(21(24)28)12-18(25)22-9-14-6-15(10-22)8-16(7-14)11-22/h13-17H,2-12H2,1H3/t13-,14?,15?,16?,17+,22?/m0/s1. The number of urea groups is 1. The molecule has 5 saturated carbocycles. The normalized spacial score (nSPS) is 42.6. The third-order valence-corrected chi connectivity index (χ3v) is 8.41. The van der Waals surface area contributed by atoms with Gasteiger partial charge in [0.25, 0.3) is 0 Å². The van der Waals surface area contributed by atoms with Gasteiger partial charge < -0.3 is 0 Å². The zero-order valence-corrected chi connectivity index (χ0v) is 16.7. The molecule has 6 rings (SSSR count). The van der Waals surface area contributed by atoms with Crippen molar-refractivity contribution in [3.63, 3.8) is 0 Å². The van der Waals surface area contributed by atoms with E-state index in [0.717, 1.165) is 49.8 Å². The van der Waals surface area contributed by atoms with Gasteiger partial charge in [-0.15, -0.1) is 0 Å². The maximum Gasteiger partial charge on any atom is 0.334 e. The maximum atomic E-state index is 13.3. The lowest BCUT2D eigenvalue weighted by molar-refractivity contribution is -0.149. The van der Waals surface area contributed by atoms with E-state index in [1.165, 1.54) is 24.2 Å². The van der Waals surface area contributed by atoms with Crippen LogP contribution in [-0.4, -0.2) is 46.0 Å². The molecule has 1 heterocycles. The third-order valence-electron chi connectivity index (χ3n) is 8.41. The van der Waals surface area contributed by atoms with Crippen LogP contribution in [0.4, 0.5) is 4.79 Å². The number of rotatable bonds is 4. The van der Waals surface area contributed by atoms with Crippen molar-refractivity contribution in [2.45, 2.75) is 77.2 Å². The first-order valence-corrected chi connectivity index (χ1v) is 11.1. The molecule has 6 aliphatic rings. The summed E-state index contributed by atoms with van der Waals surface area (Å²) in [5.41, 5.74) is -0.357. The first-order chi connectivity index (χ1) is 13.4. The number of hydrogen-bond acceptors (Lipinski definition) is 4. The smallest absolute Gasteiger partial charge is 0.297 e. The number of carbonyl (C=O) groups excluding carboxylic acids is 4. The lowest BCUT2D eigenvalue weighted by atomic mass is 9.48. The average molecular weight is 386 g/mol. The summed E-state index contributed by atoms with van der Waals surface area (Å²) in [4.78, 5) is 53.6. The molecule has 28 heavy (non-hydrogen) atoms. The van der Waals surface area contributed by atoms with Gasteiger partial charge in [0.2, 0.25) is 0 Å². The number of carbonyl (C=O) groups is 4. The molecule has 0 aromatic heterocycles. The second kappa shape index (κ2) is 6.39. The topological polar surface area (TPSA) is 74.8 Å². The van der Waals surface area contributed by atoms with Gasteiger partial charge in [-0.05, 0) is 75.0 Å². The molecule has 4 amide bonds. The monoisotopic (exact) mass is 386 g/mol. The highest BCUT2D eigenvalue weighted by Gasteiger charge is 2.56. The van der Waals surface area contributed by atoms with E-state index in [9.17, 15) is 19.2 Å². The van der Waals surface area contributed by atoms with Gasteiger partial charge in [0, 0.05) is 11.5 Å². The molecule has 0 aromatic carbocycles. The highest BCUT2D eigenvalue weighted by atomic mass is 16.2. The molecule has 2 atom stereocenters. The number of ketones is 1. The van der Waals surface area contributed by atoms with Crippen molar-refractivity contribution in [1.29, 1.82) is 0 Å². The van der Waals surface area contributed by atoms with Crippen LogP contribution in [0.3, 0.4) is 0 Å². The molecular weight excluding hydrogens is 356 g/mol. The third kappa shape index (κ3) is 2.66. The molecule has 6 nitrogen and oxygen atoms in total. The highest BCUT2D eigenvalue weighted by molar-refractivity contribution is 6.45. The fraction of sp³-hybridized carbons (Fsp3) is 0.818. The summed E-state index contributed by atoms with van der Waals surface area (Å²) in [5, 5.41) is 0. The van der Waals surface area contributed by atoms with Crippen LogP contribution in [0.2, 0.25) is 0 Å². The van der Waals surface area contributed by atoms with Crippen LogP contribution in [0.1, 0.15) is 71.1 Å². The van der Waals surface area contributed by atoms with Crippen molar-refractivity contribution in [3.8, 4) is 0 Å². The predicted molar refractivity (Wildman–Crippen MR) is 101 cm³/mol. The minimum Gasteiger partial charge on any atom is -0.297 e. The summed E-state index contributed by atoms with van der Waals surface area (Å²) in [7, 11) is 0. The van der Waals surface area contributed by atoms with Crippen molar-refractivity contribution in [2.24, 2.45) is 29.1 Å². The molecule has 6 fully saturated rings. The van der Waals surface area contributed by atoms with E-state index in [2.05, 4.69) is 0 Å². The van der Waals surface area contributed by atoms with Crippen LogP contribution < -0.4 is 0 Å². The molecule has 0 N–H and O–H groups in total. The summed E-state index contributed by atoms with van der Waals surface area (Å²) in [6, 6.07) is -0.774. The van der Waals surface area contributed by atoms with E-state index < -0.39 is 17.8 Å². The Hall–Kier alpha value is -1.72. The number of Topliss-reactive ketones (excluding diaryl/α,β-unsaturated/α-hetero) is 1. The van der Waals surface area contributed by atoms with E-state index in [1.54, 1.807) is 0 Å². The molecular formula is C22H30N2O4. The summed E-state index contributed by atoms with van der Waals surface area (Å²) < 4.78 is 0. The highest BCUT2D eigenvalue weighted by Crippen LogP contribution is 2.60. The number of imide groups is 2. The van der Waals surface area contributed by atoms with E-state index in [-0.39, 0.29) is 29.7 Å². The Bertz CT molecular complexity index is 710. The van der Waals surface area contributed by atoms with E-state index in [0.29, 0.717) is 17.8 Å². The van der Waals surface area contributed by atoms with Gasteiger partial charge in [0.15, 0.2) is 5.78 Å². The maximum absolute atomic E-state index is 13.3. The van der Waals surface area contributed by atoms with Crippen molar-refractivity contribution in [3.05, 3.63) is 0 Å². The lowest BCUT2D eigenvalue weighted by Gasteiger charge is -2.56. The van der Waals surface area contributed by atoms with Gasteiger partial charge in [-0.25, -0.2) is 9.69 Å². The summed E-state index contributed by atoms with van der Waals surface area (Å²) >= 11 is 0. The van der Waals surface area contributed by atoms with Crippen molar-refractivity contribution in [1.82, 2.24) is 9.80 Å². The largest absolute Gasteiger partial charge is 0.334 e. The van der Waals surface area contributed by atoms with E-state index >= 15 is 0 Å². The van der Waals surface area contributed by atoms with Crippen molar-refractivity contribution in [2.75, 3.05) is 6.54 Å². The average Bonchev–Trinajstić information content (AvgIpc) is 2.85. The Morgan fingerprint density at radius 2 is 1.50 bits per heavy atom. The lowest BCUT2D eigenvalue weighted by Crippen LogP contribution is -2.53. The molecule has 0 aromatic rings. The number of nitrogens with zero attached hydrogens (tertiary/aromatic N) is 2. The predicted octanol–water partition coefficient (Wildman–Crippen LogP) is 3.14. The van der Waals surface area contributed by atoms with E-state index in [1.807, 2.05) is 6.92 Å². The molecule has 1 saturated heterocycles. The van der Waals surface area contributed by atoms with Gasteiger partial charge >= 0.3 is 17.8 Å². The minimum absolute atomic E-state index is 0.0136. The van der Waals surface area contributed by atoms with Gasteiger partial charge in [0.1, 0.15) is 0 Å². The fourth-order valence-corrected chi connectivity index (χ4v) is 7.40. The Labute approximate surface area is 166 Å². The Balaban J connectivity index is 1.34. The Kier molecular flexibility index (Phi) is 4.18. The second-order valence-electron chi connectivity index (χ2n) is 10.3. The summed E-state index contributed by atoms with van der Waals surface area (Å²) in [6.45, 7) is 1.82. The van der Waals surface area contributed by atoms with Crippen LogP contribution in [-0.2, 0) is 14.4 Å². The SMILES string of the molecule is C[C@H]1CCCC[C@H]1N1C(=O)C(=O)N(CC(=O)C23CC4CC(CC(C4)C2)C3)C1=O. The molecule has 1 aliphatic heterocycles.